The third-order valence-electron chi connectivity index (χ3n) is 4.14. The summed E-state index contributed by atoms with van der Waals surface area (Å²) in [5.41, 5.74) is 0.882. The lowest BCUT2D eigenvalue weighted by atomic mass is 9.94. The molecular formula is C16H24FNO. The fourth-order valence-electron chi connectivity index (χ4n) is 2.72. The molecule has 2 rings (SSSR count). The summed E-state index contributed by atoms with van der Waals surface area (Å²) in [6.45, 7) is 4.42. The van der Waals surface area contributed by atoms with Gasteiger partial charge < -0.3 is 10.4 Å². The molecule has 2 N–H and O–H groups in total. The van der Waals surface area contributed by atoms with Crippen molar-refractivity contribution >= 4 is 0 Å². The first kappa shape index (κ1) is 14.5. The summed E-state index contributed by atoms with van der Waals surface area (Å²) in [5, 5.41) is 13.1. The van der Waals surface area contributed by atoms with Crippen LogP contribution >= 0.6 is 0 Å². The Bertz CT molecular complexity index is 419. The van der Waals surface area contributed by atoms with Crippen LogP contribution in [0.5, 0.6) is 0 Å². The normalized spacial score (nSPS) is 20.0. The van der Waals surface area contributed by atoms with Crippen molar-refractivity contribution in [1.29, 1.82) is 0 Å². The van der Waals surface area contributed by atoms with Gasteiger partial charge in [-0.3, -0.25) is 0 Å². The molecule has 1 saturated carbocycles. The highest BCUT2D eigenvalue weighted by Gasteiger charge is 2.41. The molecule has 1 fully saturated rings. The predicted octanol–water partition coefficient (Wildman–Crippen LogP) is 2.90. The topological polar surface area (TPSA) is 32.3 Å². The van der Waals surface area contributed by atoms with Crippen LogP contribution in [-0.4, -0.2) is 23.3 Å². The lowest BCUT2D eigenvalue weighted by Crippen LogP contribution is -2.51. The van der Waals surface area contributed by atoms with Gasteiger partial charge >= 0.3 is 0 Å². The molecule has 2 unspecified atom stereocenters. The molecule has 106 valence electrons. The van der Waals surface area contributed by atoms with Gasteiger partial charge in [0.05, 0.1) is 6.61 Å². The number of rotatable bonds is 7. The second-order valence-electron chi connectivity index (χ2n) is 6.06. The molecule has 0 spiro atoms. The minimum absolute atomic E-state index is 0.151. The highest BCUT2D eigenvalue weighted by atomic mass is 19.1. The summed E-state index contributed by atoms with van der Waals surface area (Å²) in [4.78, 5) is 0. The Morgan fingerprint density at radius 3 is 2.79 bits per heavy atom. The molecule has 2 atom stereocenters. The van der Waals surface area contributed by atoms with Crippen LogP contribution in [-0.2, 0) is 6.42 Å². The summed E-state index contributed by atoms with van der Waals surface area (Å²) in [6.07, 6.45) is 4.23. The predicted molar refractivity (Wildman–Crippen MR) is 75.5 cm³/mol. The lowest BCUT2D eigenvalue weighted by molar-refractivity contribution is 0.142. The molecule has 1 aromatic carbocycles. The maximum Gasteiger partial charge on any atom is 0.123 e. The number of halogens is 1. The summed E-state index contributed by atoms with van der Waals surface area (Å²) < 4.78 is 13.1. The van der Waals surface area contributed by atoms with Crippen LogP contribution in [0.25, 0.3) is 0 Å². The Labute approximate surface area is 115 Å². The Hall–Kier alpha value is -0.930. The third kappa shape index (κ3) is 4.02. The SMILES string of the molecule is CC(CCc1cccc(F)c1)NC(C)(CO)C1CC1. The summed E-state index contributed by atoms with van der Waals surface area (Å²) >= 11 is 0. The molecule has 0 aromatic heterocycles. The van der Waals surface area contributed by atoms with E-state index in [1.165, 1.54) is 18.9 Å². The van der Waals surface area contributed by atoms with Gasteiger partial charge in [0.2, 0.25) is 0 Å². The van der Waals surface area contributed by atoms with E-state index in [4.69, 9.17) is 0 Å². The van der Waals surface area contributed by atoms with E-state index >= 15 is 0 Å². The van der Waals surface area contributed by atoms with Gasteiger partial charge in [-0.05, 0) is 63.1 Å². The first-order chi connectivity index (χ1) is 9.03. The fraction of sp³-hybridized carbons (Fsp3) is 0.625. The maximum atomic E-state index is 13.1. The minimum Gasteiger partial charge on any atom is -0.394 e. The van der Waals surface area contributed by atoms with E-state index in [1.54, 1.807) is 12.1 Å². The van der Waals surface area contributed by atoms with Gasteiger partial charge in [0, 0.05) is 11.6 Å². The van der Waals surface area contributed by atoms with Gasteiger partial charge in [0.25, 0.3) is 0 Å². The monoisotopic (exact) mass is 265 g/mol. The van der Waals surface area contributed by atoms with Crippen LogP contribution in [0.1, 0.15) is 38.7 Å². The molecule has 1 aliphatic carbocycles. The van der Waals surface area contributed by atoms with Gasteiger partial charge in [-0.15, -0.1) is 0 Å². The van der Waals surface area contributed by atoms with Gasteiger partial charge in [-0.25, -0.2) is 4.39 Å². The average molecular weight is 265 g/mol. The summed E-state index contributed by atoms with van der Waals surface area (Å²) in [6, 6.07) is 7.10. The molecule has 0 heterocycles. The lowest BCUT2D eigenvalue weighted by Gasteiger charge is -2.32. The van der Waals surface area contributed by atoms with E-state index in [9.17, 15) is 9.50 Å². The summed E-state index contributed by atoms with van der Waals surface area (Å²) in [7, 11) is 0. The van der Waals surface area contributed by atoms with Gasteiger partial charge in [-0.2, -0.15) is 0 Å². The van der Waals surface area contributed by atoms with Gasteiger partial charge in [-0.1, -0.05) is 12.1 Å². The van der Waals surface area contributed by atoms with Crippen LogP contribution < -0.4 is 5.32 Å². The summed E-state index contributed by atoms with van der Waals surface area (Å²) in [5.74, 6) is 0.436. The van der Waals surface area contributed by atoms with Crippen molar-refractivity contribution in [3.8, 4) is 0 Å². The third-order valence-corrected chi connectivity index (χ3v) is 4.14. The standard InChI is InChI=1S/C16H24FNO/c1-12(18-16(2,11-19)14-8-9-14)6-7-13-4-3-5-15(17)10-13/h3-5,10,12,14,18-19H,6-9,11H2,1-2H3. The minimum atomic E-state index is -0.170. The Balaban J connectivity index is 1.82. The first-order valence-electron chi connectivity index (χ1n) is 7.16. The number of aliphatic hydroxyl groups excluding tert-OH is 1. The van der Waals surface area contributed by atoms with Crippen molar-refractivity contribution < 1.29 is 9.50 Å². The fourth-order valence-corrected chi connectivity index (χ4v) is 2.72. The van der Waals surface area contributed by atoms with E-state index in [0.29, 0.717) is 12.0 Å². The van der Waals surface area contributed by atoms with E-state index in [1.807, 2.05) is 6.07 Å². The highest BCUT2D eigenvalue weighted by molar-refractivity contribution is 5.16. The van der Waals surface area contributed by atoms with Crippen molar-refractivity contribution in [2.24, 2.45) is 5.92 Å². The van der Waals surface area contributed by atoms with Crippen molar-refractivity contribution in [1.82, 2.24) is 5.32 Å². The quantitative estimate of drug-likeness (QED) is 0.794. The van der Waals surface area contributed by atoms with Crippen LogP contribution in [0, 0.1) is 11.7 Å². The van der Waals surface area contributed by atoms with Crippen LogP contribution in [0.2, 0.25) is 0 Å². The second kappa shape index (κ2) is 6.02. The molecular weight excluding hydrogens is 241 g/mol. The van der Waals surface area contributed by atoms with Crippen LogP contribution in [0.4, 0.5) is 4.39 Å². The second-order valence-corrected chi connectivity index (χ2v) is 6.06. The zero-order chi connectivity index (χ0) is 13.9. The number of hydrogen-bond donors (Lipinski definition) is 2. The number of nitrogens with one attached hydrogen (secondary N) is 1. The van der Waals surface area contributed by atoms with Gasteiger partial charge in [0.15, 0.2) is 0 Å². The zero-order valence-corrected chi connectivity index (χ0v) is 11.8. The van der Waals surface area contributed by atoms with Crippen LogP contribution in [0.3, 0.4) is 0 Å². The molecule has 0 saturated heterocycles. The van der Waals surface area contributed by atoms with E-state index in [0.717, 1.165) is 18.4 Å². The number of hydrogen-bond acceptors (Lipinski definition) is 2. The molecule has 0 radical (unpaired) electrons. The molecule has 0 amide bonds. The van der Waals surface area contributed by atoms with Crippen molar-refractivity contribution in [3.05, 3.63) is 35.6 Å². The zero-order valence-electron chi connectivity index (χ0n) is 11.8. The Kier molecular flexibility index (Phi) is 4.58. The molecule has 3 heteroatoms. The molecule has 2 nitrogen and oxygen atoms in total. The first-order valence-corrected chi connectivity index (χ1v) is 7.16. The largest absolute Gasteiger partial charge is 0.394 e. The van der Waals surface area contributed by atoms with E-state index in [-0.39, 0.29) is 18.0 Å². The van der Waals surface area contributed by atoms with Crippen LogP contribution in [0.15, 0.2) is 24.3 Å². The number of aliphatic hydroxyl groups is 1. The van der Waals surface area contributed by atoms with E-state index < -0.39 is 0 Å². The smallest absolute Gasteiger partial charge is 0.123 e. The molecule has 0 aliphatic heterocycles. The number of benzene rings is 1. The average Bonchev–Trinajstić information content (AvgIpc) is 3.21. The highest BCUT2D eigenvalue weighted by Crippen LogP contribution is 2.39. The molecule has 1 aliphatic rings. The van der Waals surface area contributed by atoms with Crippen molar-refractivity contribution in [2.75, 3.05) is 6.61 Å². The van der Waals surface area contributed by atoms with Crippen molar-refractivity contribution in [3.63, 3.8) is 0 Å². The van der Waals surface area contributed by atoms with E-state index in [2.05, 4.69) is 19.2 Å². The molecule has 0 bridgehead atoms. The maximum absolute atomic E-state index is 13.1. The number of aryl methyl sites for hydroxylation is 1. The van der Waals surface area contributed by atoms with Gasteiger partial charge in [0.1, 0.15) is 5.82 Å². The Morgan fingerprint density at radius 2 is 2.21 bits per heavy atom. The molecule has 1 aromatic rings. The Morgan fingerprint density at radius 1 is 1.47 bits per heavy atom. The molecule has 19 heavy (non-hydrogen) atoms. The van der Waals surface area contributed by atoms with Crippen molar-refractivity contribution in [2.45, 2.75) is 51.1 Å².